The molecule has 0 aromatic heterocycles. The molecular weight excluding hydrogens is 209 g/mol. The second-order valence-corrected chi connectivity index (χ2v) is 4.12. The molecule has 3 nitrogen and oxygen atoms in total. The first kappa shape index (κ1) is 12.9. The molecule has 2 atom stereocenters. The van der Waals surface area contributed by atoms with E-state index in [1.54, 1.807) is 6.07 Å². The molecule has 0 fully saturated rings. The summed E-state index contributed by atoms with van der Waals surface area (Å²) in [6.07, 6.45) is 0. The molecule has 0 aliphatic carbocycles. The Morgan fingerprint density at radius 2 is 2.06 bits per heavy atom. The van der Waals surface area contributed by atoms with Gasteiger partial charge in [0.2, 0.25) is 0 Å². The van der Waals surface area contributed by atoms with Crippen LogP contribution in [-0.4, -0.2) is 23.4 Å². The molecule has 0 saturated heterocycles. The van der Waals surface area contributed by atoms with Gasteiger partial charge >= 0.3 is 0 Å². The maximum absolute atomic E-state index is 12.8. The van der Waals surface area contributed by atoms with Crippen LogP contribution in [0.15, 0.2) is 18.2 Å². The van der Waals surface area contributed by atoms with Crippen molar-refractivity contribution in [3.8, 4) is 5.75 Å². The minimum atomic E-state index is -0.447. The number of rotatable bonds is 5. The standard InChI is InChI=1S/C12H18FNO2/c1-8(7-15)6-14-9(2)11-4-3-10(13)5-12(11)16/h3-5,8-9,14-16H,6-7H2,1-2H3. The minimum absolute atomic E-state index is 0.0448. The van der Waals surface area contributed by atoms with Gasteiger partial charge in [0, 0.05) is 30.8 Å². The molecule has 0 bridgehead atoms. The molecule has 3 N–H and O–H groups in total. The van der Waals surface area contributed by atoms with E-state index in [0.717, 1.165) is 6.07 Å². The number of phenolic OH excluding ortho intramolecular Hbond substituents is 1. The molecule has 0 heterocycles. The van der Waals surface area contributed by atoms with Crippen molar-refractivity contribution in [2.45, 2.75) is 19.9 Å². The van der Waals surface area contributed by atoms with E-state index >= 15 is 0 Å². The molecule has 0 aliphatic rings. The zero-order valence-electron chi connectivity index (χ0n) is 9.57. The van der Waals surface area contributed by atoms with Crippen molar-refractivity contribution < 1.29 is 14.6 Å². The number of aliphatic hydroxyl groups excluding tert-OH is 1. The molecule has 1 rings (SSSR count). The highest BCUT2D eigenvalue weighted by Gasteiger charge is 2.11. The molecular formula is C12H18FNO2. The zero-order chi connectivity index (χ0) is 12.1. The molecule has 1 aromatic carbocycles. The Hall–Kier alpha value is -1.13. The molecule has 90 valence electrons. The maximum Gasteiger partial charge on any atom is 0.126 e. The van der Waals surface area contributed by atoms with Gasteiger partial charge in [-0.3, -0.25) is 0 Å². The molecule has 0 spiro atoms. The molecule has 2 unspecified atom stereocenters. The third-order valence-electron chi connectivity index (χ3n) is 2.54. The normalized spacial score (nSPS) is 14.8. The van der Waals surface area contributed by atoms with Crippen LogP contribution in [0.2, 0.25) is 0 Å². The van der Waals surface area contributed by atoms with Crippen molar-refractivity contribution in [3.05, 3.63) is 29.6 Å². The van der Waals surface area contributed by atoms with E-state index in [1.807, 2.05) is 13.8 Å². The summed E-state index contributed by atoms with van der Waals surface area (Å²) < 4.78 is 12.8. The Kier molecular flexibility index (Phi) is 4.71. The van der Waals surface area contributed by atoms with Gasteiger partial charge in [-0.25, -0.2) is 4.39 Å². The van der Waals surface area contributed by atoms with E-state index in [9.17, 15) is 9.50 Å². The summed E-state index contributed by atoms with van der Waals surface area (Å²) in [4.78, 5) is 0. The van der Waals surface area contributed by atoms with Crippen LogP contribution in [0.5, 0.6) is 5.75 Å². The van der Waals surface area contributed by atoms with E-state index in [0.29, 0.717) is 12.1 Å². The second-order valence-electron chi connectivity index (χ2n) is 4.12. The van der Waals surface area contributed by atoms with Crippen LogP contribution < -0.4 is 5.32 Å². The quantitative estimate of drug-likeness (QED) is 0.719. The van der Waals surface area contributed by atoms with E-state index in [1.165, 1.54) is 6.07 Å². The average molecular weight is 227 g/mol. The molecule has 0 amide bonds. The van der Waals surface area contributed by atoms with Gasteiger partial charge in [-0.15, -0.1) is 0 Å². The van der Waals surface area contributed by atoms with Crippen LogP contribution in [0.4, 0.5) is 4.39 Å². The van der Waals surface area contributed by atoms with Gasteiger partial charge in [-0.1, -0.05) is 13.0 Å². The molecule has 0 radical (unpaired) electrons. The first-order valence-electron chi connectivity index (χ1n) is 5.37. The summed E-state index contributed by atoms with van der Waals surface area (Å²) >= 11 is 0. The fraction of sp³-hybridized carbons (Fsp3) is 0.500. The summed E-state index contributed by atoms with van der Waals surface area (Å²) in [7, 11) is 0. The van der Waals surface area contributed by atoms with Crippen LogP contribution >= 0.6 is 0 Å². The predicted octanol–water partition coefficient (Wildman–Crippen LogP) is 1.81. The molecule has 4 heteroatoms. The third kappa shape index (κ3) is 3.47. The van der Waals surface area contributed by atoms with E-state index in [4.69, 9.17) is 5.11 Å². The zero-order valence-corrected chi connectivity index (χ0v) is 9.57. The number of hydrogen-bond donors (Lipinski definition) is 3. The van der Waals surface area contributed by atoms with Crippen molar-refractivity contribution >= 4 is 0 Å². The highest BCUT2D eigenvalue weighted by Crippen LogP contribution is 2.24. The number of phenols is 1. The van der Waals surface area contributed by atoms with Gasteiger partial charge in [0.25, 0.3) is 0 Å². The Balaban J connectivity index is 2.62. The highest BCUT2D eigenvalue weighted by atomic mass is 19.1. The van der Waals surface area contributed by atoms with Crippen molar-refractivity contribution in [1.82, 2.24) is 5.32 Å². The van der Waals surface area contributed by atoms with E-state index in [2.05, 4.69) is 5.32 Å². The summed E-state index contributed by atoms with van der Waals surface area (Å²) in [6.45, 7) is 4.57. The fourth-order valence-electron chi connectivity index (χ4n) is 1.44. The first-order chi connectivity index (χ1) is 7.54. The lowest BCUT2D eigenvalue weighted by Gasteiger charge is -2.17. The van der Waals surface area contributed by atoms with Crippen LogP contribution in [-0.2, 0) is 0 Å². The Morgan fingerprint density at radius 1 is 1.38 bits per heavy atom. The topological polar surface area (TPSA) is 52.5 Å². The first-order valence-corrected chi connectivity index (χ1v) is 5.37. The number of aliphatic hydroxyl groups is 1. The average Bonchev–Trinajstić information content (AvgIpc) is 2.25. The van der Waals surface area contributed by atoms with E-state index in [-0.39, 0.29) is 24.3 Å². The van der Waals surface area contributed by atoms with Gasteiger partial charge in [0.15, 0.2) is 0 Å². The van der Waals surface area contributed by atoms with Gasteiger partial charge in [0.1, 0.15) is 11.6 Å². The number of hydrogen-bond acceptors (Lipinski definition) is 3. The van der Waals surface area contributed by atoms with Crippen LogP contribution in [0, 0.1) is 11.7 Å². The number of nitrogens with one attached hydrogen (secondary N) is 1. The van der Waals surface area contributed by atoms with Gasteiger partial charge < -0.3 is 15.5 Å². The third-order valence-corrected chi connectivity index (χ3v) is 2.54. The summed E-state index contributed by atoms with van der Waals surface area (Å²) in [5.41, 5.74) is 0.659. The number of aromatic hydroxyl groups is 1. The van der Waals surface area contributed by atoms with Gasteiger partial charge in [0.05, 0.1) is 0 Å². The monoisotopic (exact) mass is 227 g/mol. The molecule has 0 saturated carbocycles. The Morgan fingerprint density at radius 3 is 2.62 bits per heavy atom. The molecule has 0 aliphatic heterocycles. The van der Waals surface area contributed by atoms with Crippen LogP contribution in [0.3, 0.4) is 0 Å². The predicted molar refractivity (Wildman–Crippen MR) is 60.7 cm³/mol. The van der Waals surface area contributed by atoms with Crippen LogP contribution in [0.1, 0.15) is 25.5 Å². The van der Waals surface area contributed by atoms with Crippen molar-refractivity contribution in [2.75, 3.05) is 13.2 Å². The Labute approximate surface area is 94.9 Å². The van der Waals surface area contributed by atoms with Crippen molar-refractivity contribution in [1.29, 1.82) is 0 Å². The summed E-state index contributed by atoms with van der Waals surface area (Å²) in [5.74, 6) is -0.334. The van der Waals surface area contributed by atoms with Gasteiger partial charge in [-0.05, 0) is 18.9 Å². The number of benzene rings is 1. The summed E-state index contributed by atoms with van der Waals surface area (Å²) in [5, 5.41) is 21.6. The summed E-state index contributed by atoms with van der Waals surface area (Å²) in [6, 6.07) is 3.91. The second kappa shape index (κ2) is 5.82. The van der Waals surface area contributed by atoms with Crippen molar-refractivity contribution in [2.24, 2.45) is 5.92 Å². The minimum Gasteiger partial charge on any atom is -0.508 e. The Bertz CT molecular complexity index is 344. The van der Waals surface area contributed by atoms with Crippen molar-refractivity contribution in [3.63, 3.8) is 0 Å². The largest absolute Gasteiger partial charge is 0.508 e. The maximum atomic E-state index is 12.8. The fourth-order valence-corrected chi connectivity index (χ4v) is 1.44. The lowest BCUT2D eigenvalue weighted by atomic mass is 10.1. The van der Waals surface area contributed by atoms with Gasteiger partial charge in [-0.2, -0.15) is 0 Å². The molecule has 1 aromatic rings. The lowest BCUT2D eigenvalue weighted by molar-refractivity contribution is 0.230. The van der Waals surface area contributed by atoms with Crippen LogP contribution in [0.25, 0.3) is 0 Å². The smallest absolute Gasteiger partial charge is 0.126 e. The van der Waals surface area contributed by atoms with E-state index < -0.39 is 5.82 Å². The number of halogens is 1. The highest BCUT2D eigenvalue weighted by molar-refractivity contribution is 5.34. The lowest BCUT2D eigenvalue weighted by Crippen LogP contribution is -2.26. The SMILES string of the molecule is CC(CO)CNC(C)c1ccc(F)cc1O. The molecule has 16 heavy (non-hydrogen) atoms.